The molecule has 0 aromatic heterocycles. The van der Waals surface area contributed by atoms with E-state index in [0.29, 0.717) is 0 Å². The molecule has 0 saturated carbocycles. The van der Waals surface area contributed by atoms with E-state index >= 15 is 0 Å². The lowest BCUT2D eigenvalue weighted by Gasteiger charge is -2.09. The number of hydrogen-bond donors (Lipinski definition) is 0. The van der Waals surface area contributed by atoms with E-state index in [9.17, 15) is 17.2 Å². The monoisotopic (exact) mass is 236 g/mol. The minimum absolute atomic E-state index is 0.672. The van der Waals surface area contributed by atoms with Gasteiger partial charge >= 0.3 is 10.1 Å². The highest BCUT2D eigenvalue weighted by atomic mass is 32.2. The van der Waals surface area contributed by atoms with Crippen LogP contribution in [0.2, 0.25) is 0 Å². The Morgan fingerprint density at radius 2 is 1.67 bits per heavy atom. The molecule has 15 heavy (non-hydrogen) atoms. The second kappa shape index (κ2) is 4.24. The number of hydrogen-bond acceptors (Lipinski definition) is 3. The first kappa shape index (κ1) is 12.1. The number of halogens is 2. The van der Waals surface area contributed by atoms with Gasteiger partial charge in [-0.3, -0.25) is 4.18 Å². The highest BCUT2D eigenvalue weighted by molar-refractivity contribution is 7.86. The summed E-state index contributed by atoms with van der Waals surface area (Å²) in [6, 6.07) is 2.80. The molecule has 0 aliphatic rings. The Labute approximate surface area is 86.8 Å². The molecule has 1 rings (SSSR count). The van der Waals surface area contributed by atoms with E-state index in [1.165, 1.54) is 13.8 Å². The summed E-state index contributed by atoms with van der Waals surface area (Å²) in [6.07, 6.45) is -0.672. The van der Waals surface area contributed by atoms with Crippen molar-refractivity contribution in [2.45, 2.75) is 24.8 Å². The molecule has 3 nitrogen and oxygen atoms in total. The molecule has 0 atom stereocenters. The van der Waals surface area contributed by atoms with Crippen LogP contribution in [0.1, 0.15) is 13.8 Å². The van der Waals surface area contributed by atoms with Gasteiger partial charge in [-0.05, 0) is 26.0 Å². The van der Waals surface area contributed by atoms with Crippen LogP contribution in [0.3, 0.4) is 0 Å². The van der Waals surface area contributed by atoms with Crippen molar-refractivity contribution in [2.24, 2.45) is 0 Å². The molecule has 0 aliphatic carbocycles. The molecule has 1 aromatic carbocycles. The van der Waals surface area contributed by atoms with Crippen LogP contribution in [-0.4, -0.2) is 14.5 Å². The molecule has 0 fully saturated rings. The molecular formula is C9H10F2O3S. The van der Waals surface area contributed by atoms with Gasteiger partial charge in [0.2, 0.25) is 0 Å². The van der Waals surface area contributed by atoms with Gasteiger partial charge in [0.15, 0.2) is 4.90 Å². The van der Waals surface area contributed by atoms with Crippen molar-refractivity contribution in [3.63, 3.8) is 0 Å². The largest absolute Gasteiger partial charge is 0.303 e. The standard InChI is InChI=1S/C9H10F2O3S/c1-6(2)14-15(12,13)9-7(10)4-3-5-8(9)11/h3-6H,1-2H3. The van der Waals surface area contributed by atoms with E-state index in [1.54, 1.807) is 0 Å². The first-order chi connectivity index (χ1) is 6.84. The Balaban J connectivity index is 3.27. The van der Waals surface area contributed by atoms with Crippen LogP contribution in [0.15, 0.2) is 23.1 Å². The number of benzene rings is 1. The molecule has 0 radical (unpaired) electrons. The maximum atomic E-state index is 13.1. The molecule has 0 unspecified atom stereocenters. The van der Waals surface area contributed by atoms with Crippen molar-refractivity contribution < 1.29 is 21.4 Å². The van der Waals surface area contributed by atoms with Crippen LogP contribution in [-0.2, 0) is 14.3 Å². The van der Waals surface area contributed by atoms with Crippen molar-refractivity contribution in [2.75, 3.05) is 0 Å². The summed E-state index contributed by atoms with van der Waals surface area (Å²) in [5.41, 5.74) is 0. The molecule has 0 N–H and O–H groups in total. The fourth-order valence-corrected chi connectivity index (χ4v) is 2.24. The molecule has 0 heterocycles. The zero-order valence-electron chi connectivity index (χ0n) is 8.20. The molecule has 1 aromatic rings. The summed E-state index contributed by atoms with van der Waals surface area (Å²) in [5, 5.41) is 0. The van der Waals surface area contributed by atoms with Crippen LogP contribution in [0.5, 0.6) is 0 Å². The van der Waals surface area contributed by atoms with Crippen molar-refractivity contribution in [1.82, 2.24) is 0 Å². The maximum absolute atomic E-state index is 13.1. The van der Waals surface area contributed by atoms with Gasteiger partial charge in [0.1, 0.15) is 11.6 Å². The Kier molecular flexibility index (Phi) is 3.41. The van der Waals surface area contributed by atoms with Crippen LogP contribution in [0.4, 0.5) is 8.78 Å². The molecular weight excluding hydrogens is 226 g/mol. The minimum atomic E-state index is -4.37. The van der Waals surface area contributed by atoms with Gasteiger partial charge in [0, 0.05) is 0 Å². The van der Waals surface area contributed by atoms with Crippen molar-refractivity contribution in [3.05, 3.63) is 29.8 Å². The predicted molar refractivity (Wildman–Crippen MR) is 49.8 cm³/mol. The highest BCUT2D eigenvalue weighted by Crippen LogP contribution is 2.21. The highest BCUT2D eigenvalue weighted by Gasteiger charge is 2.25. The number of rotatable bonds is 3. The van der Waals surface area contributed by atoms with E-state index < -0.39 is 32.8 Å². The van der Waals surface area contributed by atoms with E-state index in [4.69, 9.17) is 0 Å². The second-order valence-corrected chi connectivity index (χ2v) is 4.66. The molecule has 0 bridgehead atoms. The Morgan fingerprint density at radius 1 is 1.20 bits per heavy atom. The first-order valence-electron chi connectivity index (χ1n) is 4.22. The summed E-state index contributed by atoms with van der Waals surface area (Å²) in [7, 11) is -4.37. The Bertz CT molecular complexity index is 434. The molecule has 0 spiro atoms. The van der Waals surface area contributed by atoms with E-state index in [1.807, 2.05) is 0 Å². The molecule has 0 saturated heterocycles. The maximum Gasteiger partial charge on any atom is 0.303 e. The molecule has 0 amide bonds. The smallest absolute Gasteiger partial charge is 0.263 e. The third kappa shape index (κ3) is 2.73. The quantitative estimate of drug-likeness (QED) is 0.755. The summed E-state index contributed by atoms with van der Waals surface area (Å²) in [6.45, 7) is 2.91. The average molecular weight is 236 g/mol. The summed E-state index contributed by atoms with van der Waals surface area (Å²) < 4.78 is 53.4. The SMILES string of the molecule is CC(C)OS(=O)(=O)c1c(F)cccc1F. The van der Waals surface area contributed by atoms with Gasteiger partial charge in [-0.25, -0.2) is 8.78 Å². The molecule has 84 valence electrons. The van der Waals surface area contributed by atoms with Crippen molar-refractivity contribution in [3.8, 4) is 0 Å². The molecule has 6 heteroatoms. The third-order valence-electron chi connectivity index (χ3n) is 1.49. The van der Waals surface area contributed by atoms with Crippen molar-refractivity contribution in [1.29, 1.82) is 0 Å². The zero-order chi connectivity index (χ0) is 11.6. The van der Waals surface area contributed by atoms with Gasteiger partial charge in [0.25, 0.3) is 0 Å². The Morgan fingerprint density at radius 3 is 2.07 bits per heavy atom. The minimum Gasteiger partial charge on any atom is -0.263 e. The van der Waals surface area contributed by atoms with Gasteiger partial charge in [-0.2, -0.15) is 8.42 Å². The Hall–Kier alpha value is -1.01. The van der Waals surface area contributed by atoms with Crippen molar-refractivity contribution >= 4 is 10.1 Å². The lowest BCUT2D eigenvalue weighted by Crippen LogP contribution is -2.15. The van der Waals surface area contributed by atoms with Gasteiger partial charge in [-0.15, -0.1) is 0 Å². The lowest BCUT2D eigenvalue weighted by molar-refractivity contribution is 0.246. The fraction of sp³-hybridized carbons (Fsp3) is 0.333. The fourth-order valence-electron chi connectivity index (χ4n) is 1.02. The average Bonchev–Trinajstić information content (AvgIpc) is 1.99. The van der Waals surface area contributed by atoms with Crippen LogP contribution < -0.4 is 0 Å². The second-order valence-electron chi connectivity index (χ2n) is 3.15. The first-order valence-corrected chi connectivity index (χ1v) is 5.62. The van der Waals surface area contributed by atoms with Gasteiger partial charge in [0.05, 0.1) is 6.10 Å². The van der Waals surface area contributed by atoms with Crippen LogP contribution in [0, 0.1) is 11.6 Å². The zero-order valence-corrected chi connectivity index (χ0v) is 9.01. The summed E-state index contributed by atoms with van der Waals surface area (Å²) in [5.74, 6) is -2.31. The van der Waals surface area contributed by atoms with Crippen LogP contribution >= 0.6 is 0 Å². The topological polar surface area (TPSA) is 43.4 Å². The van der Waals surface area contributed by atoms with Crippen LogP contribution in [0.25, 0.3) is 0 Å². The lowest BCUT2D eigenvalue weighted by atomic mass is 10.3. The van der Waals surface area contributed by atoms with E-state index in [2.05, 4.69) is 4.18 Å². The van der Waals surface area contributed by atoms with E-state index in [-0.39, 0.29) is 0 Å². The predicted octanol–water partition coefficient (Wildman–Crippen LogP) is 2.08. The van der Waals surface area contributed by atoms with Gasteiger partial charge < -0.3 is 0 Å². The molecule has 0 aliphatic heterocycles. The van der Waals surface area contributed by atoms with E-state index in [0.717, 1.165) is 18.2 Å². The summed E-state index contributed by atoms with van der Waals surface area (Å²) >= 11 is 0. The third-order valence-corrected chi connectivity index (χ3v) is 3.02. The summed E-state index contributed by atoms with van der Waals surface area (Å²) in [4.78, 5) is -1.04. The van der Waals surface area contributed by atoms with Gasteiger partial charge in [-0.1, -0.05) is 6.07 Å². The normalized spacial score (nSPS) is 12.1.